The summed E-state index contributed by atoms with van der Waals surface area (Å²) in [6.07, 6.45) is 2.49. The molecule has 1 amide bonds. The molecule has 0 spiro atoms. The first kappa shape index (κ1) is 21.6. The van der Waals surface area contributed by atoms with Crippen LogP contribution < -0.4 is 20.9 Å². The average Bonchev–Trinajstić information content (AvgIpc) is 3.29. The number of guanidine groups is 1. The van der Waals surface area contributed by atoms with E-state index in [1.165, 1.54) is 48.4 Å². The molecule has 1 aliphatic heterocycles. The van der Waals surface area contributed by atoms with E-state index in [-0.39, 0.29) is 24.3 Å². The Balaban J connectivity index is 1.60. The highest BCUT2D eigenvalue weighted by Gasteiger charge is 2.14. The Labute approximate surface area is 177 Å². The molecule has 0 radical (unpaired) electrons. The first-order valence-electron chi connectivity index (χ1n) is 10.5. The summed E-state index contributed by atoms with van der Waals surface area (Å²) in [6, 6.07) is 14.2. The zero-order valence-electron chi connectivity index (χ0n) is 17.6. The molecule has 2 aromatic rings. The van der Waals surface area contributed by atoms with Gasteiger partial charge in [-0.15, -0.1) is 0 Å². The van der Waals surface area contributed by atoms with Gasteiger partial charge in [0.05, 0.1) is 6.04 Å². The third-order valence-corrected chi connectivity index (χ3v) is 5.05. The van der Waals surface area contributed by atoms with Gasteiger partial charge in [-0.05, 0) is 68.7 Å². The van der Waals surface area contributed by atoms with E-state index in [0.29, 0.717) is 18.2 Å². The Kier molecular flexibility index (Phi) is 7.65. The van der Waals surface area contributed by atoms with Crippen molar-refractivity contribution in [3.8, 4) is 0 Å². The second-order valence-electron chi connectivity index (χ2n) is 7.41. The number of nitrogens with zero attached hydrogens (tertiary/aromatic N) is 2. The molecule has 1 saturated heterocycles. The van der Waals surface area contributed by atoms with Crippen molar-refractivity contribution in [2.45, 2.75) is 32.7 Å². The van der Waals surface area contributed by atoms with Gasteiger partial charge >= 0.3 is 0 Å². The summed E-state index contributed by atoms with van der Waals surface area (Å²) in [6.45, 7) is 6.93. The quantitative estimate of drug-likeness (QED) is 0.480. The van der Waals surface area contributed by atoms with Crippen molar-refractivity contribution in [1.29, 1.82) is 0 Å². The van der Waals surface area contributed by atoms with Crippen molar-refractivity contribution >= 4 is 23.2 Å². The maximum Gasteiger partial charge on any atom is 0.246 e. The van der Waals surface area contributed by atoms with E-state index in [1.54, 1.807) is 0 Å². The molecule has 0 aliphatic carbocycles. The molecule has 3 rings (SSSR count). The van der Waals surface area contributed by atoms with Crippen LogP contribution in [0.1, 0.15) is 38.3 Å². The molecular formula is C23H30FN5O. The molecule has 30 heavy (non-hydrogen) atoms. The van der Waals surface area contributed by atoms with Gasteiger partial charge < -0.3 is 20.9 Å². The SMILES string of the molecule is CCNC(=NCC(=O)Nc1ccc(F)cc1)NC(C)c1cccc(N2CCCC2)c1. The van der Waals surface area contributed by atoms with Gasteiger partial charge in [-0.2, -0.15) is 0 Å². The number of halogens is 1. The molecule has 0 aromatic heterocycles. The summed E-state index contributed by atoms with van der Waals surface area (Å²) in [5.41, 5.74) is 2.96. The second kappa shape index (κ2) is 10.6. The fourth-order valence-corrected chi connectivity index (χ4v) is 3.46. The van der Waals surface area contributed by atoms with Crippen LogP contribution in [0.15, 0.2) is 53.5 Å². The molecule has 0 bridgehead atoms. The van der Waals surface area contributed by atoms with Gasteiger partial charge in [-0.3, -0.25) is 4.79 Å². The van der Waals surface area contributed by atoms with Gasteiger partial charge in [0.1, 0.15) is 12.4 Å². The Morgan fingerprint density at radius 1 is 1.17 bits per heavy atom. The lowest BCUT2D eigenvalue weighted by atomic mass is 10.1. The van der Waals surface area contributed by atoms with Gasteiger partial charge in [0, 0.05) is 31.0 Å². The lowest BCUT2D eigenvalue weighted by Crippen LogP contribution is -2.39. The Morgan fingerprint density at radius 3 is 2.60 bits per heavy atom. The van der Waals surface area contributed by atoms with Crippen molar-refractivity contribution in [3.63, 3.8) is 0 Å². The van der Waals surface area contributed by atoms with Gasteiger partial charge in [0.15, 0.2) is 5.96 Å². The Hall–Kier alpha value is -3.09. The van der Waals surface area contributed by atoms with E-state index in [0.717, 1.165) is 13.1 Å². The lowest BCUT2D eigenvalue weighted by molar-refractivity contribution is -0.114. The zero-order chi connectivity index (χ0) is 21.3. The van der Waals surface area contributed by atoms with Gasteiger partial charge in [-0.25, -0.2) is 9.38 Å². The molecule has 160 valence electrons. The minimum absolute atomic E-state index is 0.0329. The zero-order valence-corrected chi connectivity index (χ0v) is 17.6. The van der Waals surface area contributed by atoms with Crippen molar-refractivity contribution < 1.29 is 9.18 Å². The number of rotatable bonds is 7. The first-order chi connectivity index (χ1) is 14.5. The molecule has 1 aliphatic rings. The summed E-state index contributed by atoms with van der Waals surface area (Å²) in [5.74, 6) is -0.0271. The monoisotopic (exact) mass is 411 g/mol. The number of amides is 1. The molecule has 2 aromatic carbocycles. The van der Waals surface area contributed by atoms with Crippen LogP contribution in [-0.2, 0) is 4.79 Å². The first-order valence-corrected chi connectivity index (χ1v) is 10.5. The number of carbonyl (C=O) groups is 1. The number of anilines is 2. The van der Waals surface area contributed by atoms with Crippen molar-refractivity contribution in [2.75, 3.05) is 36.4 Å². The van der Waals surface area contributed by atoms with E-state index in [4.69, 9.17) is 0 Å². The predicted octanol–water partition coefficient (Wildman–Crippen LogP) is 3.68. The van der Waals surface area contributed by atoms with E-state index in [1.807, 2.05) is 6.92 Å². The van der Waals surface area contributed by atoms with E-state index >= 15 is 0 Å². The summed E-state index contributed by atoms with van der Waals surface area (Å²) in [5, 5.41) is 9.26. The van der Waals surface area contributed by atoms with E-state index in [9.17, 15) is 9.18 Å². The number of aliphatic imine (C=N–C) groups is 1. The maximum atomic E-state index is 13.0. The summed E-state index contributed by atoms with van der Waals surface area (Å²) >= 11 is 0. The molecule has 1 atom stereocenters. The van der Waals surface area contributed by atoms with Crippen LogP contribution in [0, 0.1) is 5.82 Å². The second-order valence-corrected chi connectivity index (χ2v) is 7.41. The Bertz CT molecular complexity index is 862. The smallest absolute Gasteiger partial charge is 0.246 e. The van der Waals surface area contributed by atoms with Crippen molar-refractivity contribution in [3.05, 3.63) is 59.9 Å². The normalized spacial score (nSPS) is 15.0. The molecule has 6 nitrogen and oxygen atoms in total. The number of benzene rings is 2. The molecule has 1 fully saturated rings. The third kappa shape index (κ3) is 6.20. The number of nitrogens with one attached hydrogen (secondary N) is 3. The summed E-state index contributed by atoms with van der Waals surface area (Å²) in [4.78, 5) is 19.0. The highest BCUT2D eigenvalue weighted by atomic mass is 19.1. The highest BCUT2D eigenvalue weighted by molar-refractivity contribution is 5.94. The van der Waals surface area contributed by atoms with Crippen LogP contribution in [0.4, 0.5) is 15.8 Å². The predicted molar refractivity (Wildman–Crippen MR) is 120 cm³/mol. The Morgan fingerprint density at radius 2 is 1.90 bits per heavy atom. The lowest BCUT2D eigenvalue weighted by Gasteiger charge is -2.22. The van der Waals surface area contributed by atoms with E-state index in [2.05, 4.69) is 57.0 Å². The molecule has 0 saturated carbocycles. The maximum absolute atomic E-state index is 13.0. The fourth-order valence-electron chi connectivity index (χ4n) is 3.46. The third-order valence-electron chi connectivity index (χ3n) is 5.05. The minimum atomic E-state index is -0.340. The topological polar surface area (TPSA) is 68.8 Å². The van der Waals surface area contributed by atoms with Crippen molar-refractivity contribution in [2.24, 2.45) is 4.99 Å². The number of hydrogen-bond donors (Lipinski definition) is 3. The van der Waals surface area contributed by atoms with Crippen LogP contribution in [0.2, 0.25) is 0 Å². The van der Waals surface area contributed by atoms with Crippen molar-refractivity contribution in [1.82, 2.24) is 10.6 Å². The van der Waals surface area contributed by atoms with E-state index < -0.39 is 0 Å². The van der Waals surface area contributed by atoms with Crippen LogP contribution in [0.3, 0.4) is 0 Å². The average molecular weight is 412 g/mol. The fraction of sp³-hybridized carbons (Fsp3) is 0.391. The summed E-state index contributed by atoms with van der Waals surface area (Å²) < 4.78 is 13.0. The highest BCUT2D eigenvalue weighted by Crippen LogP contribution is 2.23. The molecule has 7 heteroatoms. The standard InChI is InChI=1S/C23H30FN5O/c1-3-25-23(26-16-22(30)28-20-11-9-19(24)10-12-20)27-17(2)18-7-6-8-21(15-18)29-13-4-5-14-29/h6-12,15,17H,3-5,13-14,16H2,1-2H3,(H,28,30)(H2,25,26,27). The van der Waals surface area contributed by atoms with Crippen LogP contribution in [0.25, 0.3) is 0 Å². The van der Waals surface area contributed by atoms with Gasteiger partial charge in [0.2, 0.25) is 5.91 Å². The number of hydrogen-bond acceptors (Lipinski definition) is 3. The van der Waals surface area contributed by atoms with Gasteiger partial charge in [-0.1, -0.05) is 12.1 Å². The number of carbonyl (C=O) groups excluding carboxylic acids is 1. The minimum Gasteiger partial charge on any atom is -0.372 e. The van der Waals surface area contributed by atoms with Gasteiger partial charge in [0.25, 0.3) is 0 Å². The molecular weight excluding hydrogens is 381 g/mol. The summed E-state index contributed by atoms with van der Waals surface area (Å²) in [7, 11) is 0. The molecule has 3 N–H and O–H groups in total. The molecule has 1 unspecified atom stereocenters. The van der Waals surface area contributed by atoms with Crippen LogP contribution in [0.5, 0.6) is 0 Å². The van der Waals surface area contributed by atoms with Crippen LogP contribution >= 0.6 is 0 Å². The largest absolute Gasteiger partial charge is 0.372 e. The van der Waals surface area contributed by atoms with Crippen LogP contribution in [-0.4, -0.2) is 38.0 Å². The molecule has 1 heterocycles.